The van der Waals surface area contributed by atoms with Crippen molar-refractivity contribution in [2.24, 2.45) is 0 Å². The van der Waals surface area contributed by atoms with Crippen LogP contribution in [0.4, 0.5) is 21.8 Å². The molecule has 2 aromatic heterocycles. The quantitative estimate of drug-likeness (QED) is 0.504. The third kappa shape index (κ3) is 4.74. The standard InChI is InChI=1S/C18H17BrFN5O/c19-13-10-12(20)5-6-14(13)23-17-11-16(15-4-1-2-7-21-15)24-18(25-17)22-8-3-9-26/h1-2,4-7,10-11,26H,3,8-9H2,(H2,22,23,24,25). The average Bonchev–Trinajstić information content (AvgIpc) is 2.65. The van der Waals surface area contributed by atoms with E-state index in [2.05, 4.69) is 41.5 Å². The van der Waals surface area contributed by atoms with Gasteiger partial charge in [0.15, 0.2) is 0 Å². The van der Waals surface area contributed by atoms with Gasteiger partial charge in [-0.05, 0) is 52.7 Å². The van der Waals surface area contributed by atoms with Crippen LogP contribution in [0.1, 0.15) is 6.42 Å². The number of benzene rings is 1. The Hall–Kier alpha value is -2.58. The largest absolute Gasteiger partial charge is 0.396 e. The maximum atomic E-state index is 13.3. The first-order chi connectivity index (χ1) is 12.7. The van der Waals surface area contributed by atoms with Gasteiger partial charge in [-0.3, -0.25) is 4.98 Å². The molecule has 0 fully saturated rings. The fourth-order valence-corrected chi connectivity index (χ4v) is 2.69. The summed E-state index contributed by atoms with van der Waals surface area (Å²) in [6.45, 7) is 0.627. The molecule has 0 amide bonds. The maximum Gasteiger partial charge on any atom is 0.225 e. The molecule has 1 aromatic carbocycles. The highest BCUT2D eigenvalue weighted by Crippen LogP contribution is 2.28. The van der Waals surface area contributed by atoms with E-state index >= 15 is 0 Å². The number of anilines is 3. The number of aliphatic hydroxyl groups excluding tert-OH is 1. The Kier molecular flexibility index (Phi) is 6.08. The molecule has 134 valence electrons. The van der Waals surface area contributed by atoms with Crippen LogP contribution in [0.15, 0.2) is 53.1 Å². The van der Waals surface area contributed by atoms with Gasteiger partial charge in [0.25, 0.3) is 0 Å². The molecule has 3 aromatic rings. The van der Waals surface area contributed by atoms with Crippen molar-refractivity contribution in [3.05, 3.63) is 59.0 Å². The molecule has 3 N–H and O–H groups in total. The van der Waals surface area contributed by atoms with Gasteiger partial charge >= 0.3 is 0 Å². The molecule has 0 radical (unpaired) electrons. The van der Waals surface area contributed by atoms with Gasteiger partial charge in [0.05, 0.1) is 17.1 Å². The van der Waals surface area contributed by atoms with Crippen LogP contribution in [0.5, 0.6) is 0 Å². The van der Waals surface area contributed by atoms with Gasteiger partial charge in [0.2, 0.25) is 5.95 Å². The molecule has 0 bridgehead atoms. The van der Waals surface area contributed by atoms with Crippen LogP contribution < -0.4 is 10.6 Å². The third-order valence-electron chi connectivity index (χ3n) is 3.47. The molecule has 3 rings (SSSR count). The van der Waals surface area contributed by atoms with Crippen molar-refractivity contribution in [3.8, 4) is 11.4 Å². The van der Waals surface area contributed by atoms with Gasteiger partial charge in [-0.15, -0.1) is 0 Å². The van der Waals surface area contributed by atoms with E-state index in [-0.39, 0.29) is 12.4 Å². The van der Waals surface area contributed by atoms with Crippen molar-refractivity contribution in [1.82, 2.24) is 15.0 Å². The summed E-state index contributed by atoms with van der Waals surface area (Å²) in [5.41, 5.74) is 2.03. The maximum absolute atomic E-state index is 13.3. The second kappa shape index (κ2) is 8.68. The molecule has 2 heterocycles. The number of halogens is 2. The van der Waals surface area contributed by atoms with Crippen molar-refractivity contribution in [2.75, 3.05) is 23.8 Å². The number of hydrogen-bond acceptors (Lipinski definition) is 6. The zero-order valence-corrected chi connectivity index (χ0v) is 15.4. The van der Waals surface area contributed by atoms with E-state index < -0.39 is 0 Å². The van der Waals surface area contributed by atoms with Crippen molar-refractivity contribution in [2.45, 2.75) is 6.42 Å². The van der Waals surface area contributed by atoms with E-state index in [0.29, 0.717) is 46.3 Å². The van der Waals surface area contributed by atoms with Crippen molar-refractivity contribution in [1.29, 1.82) is 0 Å². The molecule has 0 aliphatic rings. The monoisotopic (exact) mass is 417 g/mol. The van der Waals surface area contributed by atoms with Gasteiger partial charge in [0, 0.05) is 29.9 Å². The molecule has 8 heteroatoms. The van der Waals surface area contributed by atoms with Crippen LogP contribution in [0.25, 0.3) is 11.4 Å². The molecule has 0 saturated heterocycles. The zero-order valence-electron chi connectivity index (χ0n) is 13.8. The van der Waals surface area contributed by atoms with Gasteiger partial charge in [-0.1, -0.05) is 6.07 Å². The molecule has 0 spiro atoms. The SMILES string of the molecule is OCCCNc1nc(Nc2ccc(F)cc2Br)cc(-c2ccccn2)n1. The summed E-state index contributed by atoms with van der Waals surface area (Å²) in [5.74, 6) is 0.632. The summed E-state index contributed by atoms with van der Waals surface area (Å²) in [4.78, 5) is 13.2. The van der Waals surface area contributed by atoms with Crippen LogP contribution in [-0.4, -0.2) is 33.2 Å². The van der Waals surface area contributed by atoms with Gasteiger partial charge in [-0.2, -0.15) is 4.98 Å². The van der Waals surface area contributed by atoms with Crippen LogP contribution >= 0.6 is 15.9 Å². The zero-order chi connectivity index (χ0) is 18.4. The number of aromatic nitrogens is 3. The van der Waals surface area contributed by atoms with Crippen LogP contribution in [0, 0.1) is 5.82 Å². The topological polar surface area (TPSA) is 83.0 Å². The van der Waals surface area contributed by atoms with Gasteiger partial charge < -0.3 is 15.7 Å². The predicted molar refractivity (Wildman–Crippen MR) is 103 cm³/mol. The predicted octanol–water partition coefficient (Wildman–Crippen LogP) is 3.98. The second-order valence-electron chi connectivity index (χ2n) is 5.43. The normalized spacial score (nSPS) is 10.6. The molecule has 26 heavy (non-hydrogen) atoms. The number of pyridine rings is 1. The Morgan fingerprint density at radius 3 is 2.69 bits per heavy atom. The minimum Gasteiger partial charge on any atom is -0.396 e. The lowest BCUT2D eigenvalue weighted by Gasteiger charge is -2.12. The summed E-state index contributed by atoms with van der Waals surface area (Å²) in [6, 6.07) is 11.7. The fraction of sp³-hybridized carbons (Fsp3) is 0.167. The Balaban J connectivity index is 1.93. The Morgan fingerprint density at radius 2 is 1.96 bits per heavy atom. The minimum absolute atomic E-state index is 0.0839. The summed E-state index contributed by atoms with van der Waals surface area (Å²) in [6.07, 6.45) is 2.28. The first-order valence-corrected chi connectivity index (χ1v) is 8.82. The van der Waals surface area contributed by atoms with E-state index in [1.54, 1.807) is 18.3 Å². The number of aliphatic hydroxyl groups is 1. The lowest BCUT2D eigenvalue weighted by atomic mass is 10.2. The summed E-state index contributed by atoms with van der Waals surface area (Å²) < 4.78 is 13.9. The van der Waals surface area contributed by atoms with Crippen molar-refractivity contribution < 1.29 is 9.50 Å². The van der Waals surface area contributed by atoms with Gasteiger partial charge in [-0.25, -0.2) is 9.37 Å². The third-order valence-corrected chi connectivity index (χ3v) is 4.12. The highest BCUT2D eigenvalue weighted by atomic mass is 79.9. The number of nitrogens with zero attached hydrogens (tertiary/aromatic N) is 3. The number of nitrogens with one attached hydrogen (secondary N) is 2. The molecular weight excluding hydrogens is 401 g/mol. The van der Waals surface area contributed by atoms with E-state index in [9.17, 15) is 4.39 Å². The van der Waals surface area contributed by atoms with E-state index in [4.69, 9.17) is 5.11 Å². The minimum atomic E-state index is -0.328. The molecular formula is C18H17BrFN5O. The van der Waals surface area contributed by atoms with Crippen molar-refractivity contribution in [3.63, 3.8) is 0 Å². The fourth-order valence-electron chi connectivity index (χ4n) is 2.24. The van der Waals surface area contributed by atoms with Gasteiger partial charge in [0.1, 0.15) is 11.6 Å². The van der Waals surface area contributed by atoms with Crippen LogP contribution in [-0.2, 0) is 0 Å². The first-order valence-electron chi connectivity index (χ1n) is 8.03. The van der Waals surface area contributed by atoms with E-state index in [0.717, 1.165) is 0 Å². The molecule has 0 atom stereocenters. The number of hydrogen-bond donors (Lipinski definition) is 3. The highest BCUT2D eigenvalue weighted by Gasteiger charge is 2.09. The smallest absolute Gasteiger partial charge is 0.225 e. The summed E-state index contributed by atoms with van der Waals surface area (Å²) in [7, 11) is 0. The highest BCUT2D eigenvalue weighted by molar-refractivity contribution is 9.10. The first kappa shape index (κ1) is 18.2. The molecule has 0 saturated carbocycles. The van der Waals surface area contributed by atoms with Crippen LogP contribution in [0.3, 0.4) is 0 Å². The summed E-state index contributed by atoms with van der Waals surface area (Å²) in [5, 5.41) is 15.2. The lowest BCUT2D eigenvalue weighted by Crippen LogP contribution is -2.09. The molecule has 6 nitrogen and oxygen atoms in total. The molecule has 0 aliphatic heterocycles. The van der Waals surface area contributed by atoms with Crippen molar-refractivity contribution >= 4 is 33.4 Å². The molecule has 0 aliphatic carbocycles. The average molecular weight is 418 g/mol. The van der Waals surface area contributed by atoms with E-state index in [1.807, 2.05) is 18.2 Å². The lowest BCUT2D eigenvalue weighted by molar-refractivity contribution is 0.292. The molecule has 0 unspecified atom stereocenters. The summed E-state index contributed by atoms with van der Waals surface area (Å²) >= 11 is 3.34. The Morgan fingerprint density at radius 1 is 1.08 bits per heavy atom. The van der Waals surface area contributed by atoms with E-state index in [1.165, 1.54) is 12.1 Å². The second-order valence-corrected chi connectivity index (χ2v) is 6.28. The Bertz CT molecular complexity index is 879. The Labute approximate surface area is 158 Å². The number of rotatable bonds is 7. The van der Waals surface area contributed by atoms with Crippen LogP contribution in [0.2, 0.25) is 0 Å².